The monoisotopic (exact) mass is 196 g/mol. The van der Waals surface area contributed by atoms with Crippen molar-refractivity contribution in [2.24, 2.45) is 0 Å². The molecule has 3 rings (SSSR count). The van der Waals surface area contributed by atoms with E-state index in [9.17, 15) is 5.11 Å². The van der Waals surface area contributed by atoms with Crippen LogP contribution < -0.4 is 0 Å². The highest BCUT2D eigenvalue weighted by molar-refractivity contribution is 6.08. The first-order valence-corrected chi connectivity index (χ1v) is 4.68. The van der Waals surface area contributed by atoms with Gasteiger partial charge in [-0.1, -0.05) is 24.3 Å². The normalized spacial score (nSPS) is 10.9. The molecule has 0 radical (unpaired) electrons. The first kappa shape index (κ1) is 8.17. The summed E-state index contributed by atoms with van der Waals surface area (Å²) in [5.74, 6) is 0.178. The van der Waals surface area contributed by atoms with Crippen molar-refractivity contribution in [2.45, 2.75) is 0 Å². The number of nitrogens with zero attached hydrogens (tertiary/aromatic N) is 2. The number of rotatable bonds is 0. The van der Waals surface area contributed by atoms with E-state index in [0.29, 0.717) is 5.52 Å². The molecule has 0 amide bonds. The predicted molar refractivity (Wildman–Crippen MR) is 58.7 cm³/mol. The maximum absolute atomic E-state index is 9.77. The first-order chi connectivity index (χ1) is 7.36. The van der Waals surface area contributed by atoms with Crippen molar-refractivity contribution in [3.05, 3.63) is 42.6 Å². The smallest absolute Gasteiger partial charge is 0.144 e. The van der Waals surface area contributed by atoms with Gasteiger partial charge in [0.2, 0.25) is 0 Å². The number of benzene rings is 2. The van der Waals surface area contributed by atoms with E-state index in [0.717, 1.165) is 16.2 Å². The predicted octanol–water partition coefficient (Wildman–Crippen LogP) is 2.49. The number of hydrogen-bond acceptors (Lipinski definition) is 3. The molecule has 0 atom stereocenters. The maximum Gasteiger partial charge on any atom is 0.144 e. The average molecular weight is 196 g/mol. The van der Waals surface area contributed by atoms with Gasteiger partial charge in [-0.25, -0.2) is 0 Å². The molecule has 0 unspecified atom stereocenters. The minimum absolute atomic E-state index is 0.178. The third kappa shape index (κ3) is 1.13. The van der Waals surface area contributed by atoms with Crippen LogP contribution in [0.2, 0.25) is 0 Å². The third-order valence-corrected chi connectivity index (χ3v) is 2.51. The number of aromatic hydroxyl groups is 1. The van der Waals surface area contributed by atoms with Crippen LogP contribution in [0.25, 0.3) is 21.7 Å². The van der Waals surface area contributed by atoms with Crippen molar-refractivity contribution >= 4 is 21.7 Å². The molecule has 2 aromatic carbocycles. The van der Waals surface area contributed by atoms with Gasteiger partial charge in [0.05, 0.1) is 6.20 Å². The summed E-state index contributed by atoms with van der Waals surface area (Å²) in [7, 11) is 0. The summed E-state index contributed by atoms with van der Waals surface area (Å²) >= 11 is 0. The van der Waals surface area contributed by atoms with Crippen LogP contribution in [-0.4, -0.2) is 15.3 Å². The zero-order valence-electron chi connectivity index (χ0n) is 7.88. The quantitative estimate of drug-likeness (QED) is 0.562. The second-order valence-electron chi connectivity index (χ2n) is 3.41. The van der Waals surface area contributed by atoms with Crippen LogP contribution in [0.4, 0.5) is 0 Å². The zero-order valence-corrected chi connectivity index (χ0v) is 7.88. The summed E-state index contributed by atoms with van der Waals surface area (Å²) in [6.07, 6.45) is 1.63. The number of phenolic OH excluding ortho intramolecular Hbond substituents is 1. The third-order valence-electron chi connectivity index (χ3n) is 2.51. The maximum atomic E-state index is 9.77. The lowest BCUT2D eigenvalue weighted by Gasteiger charge is -2.03. The molecule has 15 heavy (non-hydrogen) atoms. The van der Waals surface area contributed by atoms with Gasteiger partial charge in [-0.2, -0.15) is 5.10 Å². The Balaban J connectivity index is 2.64. The highest BCUT2D eigenvalue weighted by Crippen LogP contribution is 2.30. The van der Waals surface area contributed by atoms with E-state index >= 15 is 0 Å². The van der Waals surface area contributed by atoms with Crippen LogP contribution >= 0.6 is 0 Å². The topological polar surface area (TPSA) is 46.0 Å². The molecule has 3 nitrogen and oxygen atoms in total. The lowest BCUT2D eigenvalue weighted by molar-refractivity contribution is 0.480. The van der Waals surface area contributed by atoms with Gasteiger partial charge in [0.25, 0.3) is 0 Å². The number of fused-ring (bicyclic) bond motifs is 3. The van der Waals surface area contributed by atoms with Gasteiger partial charge in [-0.3, -0.25) is 0 Å². The summed E-state index contributed by atoms with van der Waals surface area (Å²) in [6.45, 7) is 0. The van der Waals surface area contributed by atoms with Crippen molar-refractivity contribution < 1.29 is 5.11 Å². The molecule has 3 heteroatoms. The Bertz CT molecular complexity index is 649. The van der Waals surface area contributed by atoms with Crippen molar-refractivity contribution in [2.75, 3.05) is 0 Å². The van der Waals surface area contributed by atoms with E-state index in [-0.39, 0.29) is 5.75 Å². The molecular weight excluding hydrogens is 188 g/mol. The van der Waals surface area contributed by atoms with E-state index in [4.69, 9.17) is 0 Å². The Hall–Kier alpha value is -2.16. The number of aromatic nitrogens is 2. The summed E-state index contributed by atoms with van der Waals surface area (Å²) in [4.78, 5) is 0. The fraction of sp³-hybridized carbons (Fsp3) is 0. The van der Waals surface area contributed by atoms with Crippen molar-refractivity contribution in [1.82, 2.24) is 10.2 Å². The van der Waals surface area contributed by atoms with Crippen LogP contribution in [0, 0.1) is 0 Å². The molecule has 0 spiro atoms. The summed E-state index contributed by atoms with van der Waals surface area (Å²) in [5.41, 5.74) is 0.552. The van der Waals surface area contributed by atoms with E-state index < -0.39 is 0 Å². The summed E-state index contributed by atoms with van der Waals surface area (Å²) in [5, 5.41) is 20.5. The molecular formula is C12H8N2O. The Kier molecular flexibility index (Phi) is 1.59. The first-order valence-electron chi connectivity index (χ1n) is 4.68. The average Bonchev–Trinajstić information content (AvgIpc) is 2.30. The lowest BCUT2D eigenvalue weighted by atomic mass is 10.1. The van der Waals surface area contributed by atoms with Crippen LogP contribution in [0.3, 0.4) is 0 Å². The fourth-order valence-electron chi connectivity index (χ4n) is 1.82. The van der Waals surface area contributed by atoms with Gasteiger partial charge in [0, 0.05) is 5.39 Å². The van der Waals surface area contributed by atoms with Crippen LogP contribution in [0.15, 0.2) is 42.6 Å². The molecule has 1 aromatic heterocycles. The second-order valence-corrected chi connectivity index (χ2v) is 3.41. The standard InChI is InChI=1S/C12H8N2O/c15-11-7-8-3-1-2-4-9(8)10-5-6-13-14-12(10)11/h1-7,15H. The van der Waals surface area contributed by atoms with Gasteiger partial charge < -0.3 is 5.11 Å². The molecule has 0 saturated heterocycles. The molecule has 1 heterocycles. The zero-order chi connectivity index (χ0) is 10.3. The Morgan fingerprint density at radius 2 is 1.87 bits per heavy atom. The summed E-state index contributed by atoms with van der Waals surface area (Å²) in [6, 6.07) is 11.5. The number of hydrogen-bond donors (Lipinski definition) is 1. The molecule has 0 fully saturated rings. The van der Waals surface area contributed by atoms with E-state index in [2.05, 4.69) is 10.2 Å². The molecule has 0 aliphatic heterocycles. The van der Waals surface area contributed by atoms with Gasteiger partial charge >= 0.3 is 0 Å². The minimum atomic E-state index is 0.178. The van der Waals surface area contributed by atoms with Gasteiger partial charge in [-0.15, -0.1) is 5.10 Å². The van der Waals surface area contributed by atoms with Gasteiger partial charge in [-0.05, 0) is 22.9 Å². The van der Waals surface area contributed by atoms with Gasteiger partial charge in [0.1, 0.15) is 11.3 Å². The van der Waals surface area contributed by atoms with Crippen LogP contribution in [-0.2, 0) is 0 Å². The highest BCUT2D eigenvalue weighted by atomic mass is 16.3. The van der Waals surface area contributed by atoms with Crippen LogP contribution in [0.5, 0.6) is 5.75 Å². The number of phenols is 1. The van der Waals surface area contributed by atoms with E-state index in [1.807, 2.05) is 30.3 Å². The molecule has 72 valence electrons. The molecule has 3 aromatic rings. The van der Waals surface area contributed by atoms with Gasteiger partial charge in [0.15, 0.2) is 0 Å². The largest absolute Gasteiger partial charge is 0.506 e. The molecule has 0 aliphatic carbocycles. The molecule has 0 saturated carbocycles. The summed E-state index contributed by atoms with van der Waals surface area (Å²) < 4.78 is 0. The van der Waals surface area contributed by atoms with Crippen LogP contribution in [0.1, 0.15) is 0 Å². The van der Waals surface area contributed by atoms with Crippen molar-refractivity contribution in [1.29, 1.82) is 0 Å². The highest BCUT2D eigenvalue weighted by Gasteiger charge is 2.05. The second kappa shape index (κ2) is 2.92. The lowest BCUT2D eigenvalue weighted by Crippen LogP contribution is -1.84. The SMILES string of the molecule is Oc1cc2ccccc2c2ccnnc12. The minimum Gasteiger partial charge on any atom is -0.506 e. The van der Waals surface area contributed by atoms with E-state index in [1.54, 1.807) is 12.3 Å². The van der Waals surface area contributed by atoms with Crippen molar-refractivity contribution in [3.8, 4) is 5.75 Å². The molecule has 1 N–H and O–H groups in total. The Morgan fingerprint density at radius 1 is 1.00 bits per heavy atom. The fourth-order valence-corrected chi connectivity index (χ4v) is 1.82. The van der Waals surface area contributed by atoms with E-state index in [1.165, 1.54) is 0 Å². The molecule has 0 aliphatic rings. The Morgan fingerprint density at radius 3 is 2.80 bits per heavy atom. The Labute approximate surface area is 86.0 Å². The van der Waals surface area contributed by atoms with Crippen molar-refractivity contribution in [3.63, 3.8) is 0 Å². The molecule has 0 bridgehead atoms.